The van der Waals surface area contributed by atoms with Gasteiger partial charge >= 0.3 is 0 Å². The molecule has 0 unspecified atom stereocenters. The summed E-state index contributed by atoms with van der Waals surface area (Å²) >= 11 is 1.88. The fraction of sp³-hybridized carbons (Fsp3) is 0.455. The topological polar surface area (TPSA) is 24.1 Å². The number of fused-ring (bicyclic) bond motifs is 2. The molecule has 3 heteroatoms. The Labute approximate surface area is 155 Å². The van der Waals surface area contributed by atoms with E-state index >= 15 is 0 Å². The van der Waals surface area contributed by atoms with Crippen molar-refractivity contribution in [3.05, 3.63) is 47.5 Å². The summed E-state index contributed by atoms with van der Waals surface area (Å²) in [5.74, 6) is 0. The Balaban J connectivity index is 1.65. The maximum Gasteiger partial charge on any atom is 0.0379 e. The minimum absolute atomic E-state index is 0.249. The van der Waals surface area contributed by atoms with E-state index in [1.54, 1.807) is 0 Å². The molecule has 2 aliphatic rings. The van der Waals surface area contributed by atoms with E-state index in [4.69, 9.17) is 0 Å². The van der Waals surface area contributed by atoms with Gasteiger partial charge in [0.2, 0.25) is 0 Å². The molecule has 132 valence electrons. The van der Waals surface area contributed by atoms with E-state index in [0.717, 1.165) is 13.1 Å². The summed E-state index contributed by atoms with van der Waals surface area (Å²) in [5, 5.41) is 7.09. The SMILES string of the molecule is CC1(C)CCNc2ccc(Sc3ccc4c(c3)C(C)(C)CCN4)cc21. The first-order valence-corrected chi connectivity index (χ1v) is 10.1. The molecule has 0 fully saturated rings. The van der Waals surface area contributed by atoms with Crippen LogP contribution in [-0.4, -0.2) is 13.1 Å². The molecular weight excluding hydrogens is 324 g/mol. The third-order valence-electron chi connectivity index (χ3n) is 5.81. The summed E-state index contributed by atoms with van der Waals surface area (Å²) in [6, 6.07) is 13.8. The molecule has 0 aliphatic carbocycles. The number of anilines is 2. The van der Waals surface area contributed by atoms with Gasteiger partial charge in [0, 0.05) is 34.3 Å². The second kappa shape index (κ2) is 5.98. The molecule has 2 heterocycles. The Morgan fingerprint density at radius 3 is 1.60 bits per heavy atom. The Bertz CT molecular complexity index is 740. The molecule has 0 radical (unpaired) electrons. The molecule has 0 saturated heterocycles. The molecule has 0 saturated carbocycles. The number of hydrogen-bond acceptors (Lipinski definition) is 3. The van der Waals surface area contributed by atoms with Crippen LogP contribution in [-0.2, 0) is 10.8 Å². The summed E-state index contributed by atoms with van der Waals surface area (Å²) in [5.41, 5.74) is 6.00. The number of benzene rings is 2. The maximum absolute atomic E-state index is 3.54. The van der Waals surface area contributed by atoms with Crippen LogP contribution in [0.2, 0.25) is 0 Å². The minimum atomic E-state index is 0.249. The summed E-state index contributed by atoms with van der Waals surface area (Å²) < 4.78 is 0. The zero-order valence-electron chi connectivity index (χ0n) is 15.7. The van der Waals surface area contributed by atoms with Gasteiger partial charge in [-0.3, -0.25) is 0 Å². The number of rotatable bonds is 2. The highest BCUT2D eigenvalue weighted by molar-refractivity contribution is 7.99. The van der Waals surface area contributed by atoms with Crippen molar-refractivity contribution >= 4 is 23.1 Å². The van der Waals surface area contributed by atoms with E-state index in [0.29, 0.717) is 0 Å². The van der Waals surface area contributed by atoms with Crippen LogP contribution in [0.1, 0.15) is 51.7 Å². The zero-order valence-corrected chi connectivity index (χ0v) is 16.5. The standard InChI is InChI=1S/C22H28N2S/c1-21(2)9-11-23-19-7-5-15(13-17(19)21)25-16-6-8-20-18(14-16)22(3,4)10-12-24-20/h5-8,13-14,23-24H,9-12H2,1-4H3. The van der Waals surface area contributed by atoms with Crippen LogP contribution in [0.3, 0.4) is 0 Å². The Morgan fingerprint density at radius 2 is 1.16 bits per heavy atom. The molecule has 0 bridgehead atoms. The van der Waals surface area contributed by atoms with Crippen molar-refractivity contribution in [2.75, 3.05) is 23.7 Å². The summed E-state index contributed by atoms with van der Waals surface area (Å²) in [4.78, 5) is 2.66. The molecular formula is C22H28N2S. The minimum Gasteiger partial charge on any atom is -0.385 e. The predicted molar refractivity (Wildman–Crippen MR) is 109 cm³/mol. The zero-order chi connectivity index (χ0) is 17.7. The smallest absolute Gasteiger partial charge is 0.0379 e. The molecule has 0 spiro atoms. The van der Waals surface area contributed by atoms with E-state index in [2.05, 4.69) is 74.7 Å². The molecule has 25 heavy (non-hydrogen) atoms. The molecule has 2 N–H and O–H groups in total. The Morgan fingerprint density at radius 1 is 0.720 bits per heavy atom. The summed E-state index contributed by atoms with van der Waals surface area (Å²) in [6.45, 7) is 11.6. The van der Waals surface area contributed by atoms with Gasteiger partial charge in [0.15, 0.2) is 0 Å². The third kappa shape index (κ3) is 3.15. The van der Waals surface area contributed by atoms with Crippen LogP contribution in [0.5, 0.6) is 0 Å². The van der Waals surface area contributed by atoms with Gasteiger partial charge in [-0.1, -0.05) is 39.5 Å². The second-order valence-corrected chi connectivity index (χ2v) is 9.79. The van der Waals surface area contributed by atoms with E-state index in [9.17, 15) is 0 Å². The van der Waals surface area contributed by atoms with Gasteiger partial charge in [-0.25, -0.2) is 0 Å². The average molecular weight is 353 g/mol. The Hall–Kier alpha value is -1.61. The Kier molecular flexibility index (Phi) is 4.03. The first-order valence-electron chi connectivity index (χ1n) is 9.30. The molecule has 2 aliphatic heterocycles. The summed E-state index contributed by atoms with van der Waals surface area (Å²) in [7, 11) is 0. The van der Waals surface area contributed by atoms with E-state index in [1.807, 2.05) is 11.8 Å². The van der Waals surface area contributed by atoms with Crippen molar-refractivity contribution in [2.24, 2.45) is 0 Å². The third-order valence-corrected chi connectivity index (χ3v) is 6.79. The lowest BCUT2D eigenvalue weighted by atomic mass is 9.78. The largest absolute Gasteiger partial charge is 0.385 e. The van der Waals surface area contributed by atoms with Crippen molar-refractivity contribution in [3.63, 3.8) is 0 Å². The molecule has 2 aromatic rings. The lowest BCUT2D eigenvalue weighted by molar-refractivity contribution is 0.481. The molecule has 2 nitrogen and oxygen atoms in total. The summed E-state index contributed by atoms with van der Waals surface area (Å²) in [6.07, 6.45) is 2.37. The van der Waals surface area contributed by atoms with Gasteiger partial charge in [-0.15, -0.1) is 0 Å². The predicted octanol–water partition coefficient (Wildman–Crippen LogP) is 6.02. The van der Waals surface area contributed by atoms with Crippen molar-refractivity contribution in [3.8, 4) is 0 Å². The highest BCUT2D eigenvalue weighted by atomic mass is 32.2. The number of hydrogen-bond donors (Lipinski definition) is 2. The molecule has 0 atom stereocenters. The van der Waals surface area contributed by atoms with Crippen LogP contribution < -0.4 is 10.6 Å². The lowest BCUT2D eigenvalue weighted by Gasteiger charge is -2.34. The number of nitrogens with one attached hydrogen (secondary N) is 2. The van der Waals surface area contributed by atoms with Crippen LogP contribution >= 0.6 is 11.8 Å². The van der Waals surface area contributed by atoms with Gasteiger partial charge in [-0.2, -0.15) is 0 Å². The van der Waals surface area contributed by atoms with Crippen molar-refractivity contribution in [1.82, 2.24) is 0 Å². The monoisotopic (exact) mass is 352 g/mol. The van der Waals surface area contributed by atoms with Crippen molar-refractivity contribution in [2.45, 2.75) is 61.2 Å². The fourth-order valence-electron chi connectivity index (χ4n) is 4.03. The normalized spacial score (nSPS) is 20.0. The molecule has 2 aromatic carbocycles. The van der Waals surface area contributed by atoms with Gasteiger partial charge in [0.1, 0.15) is 0 Å². The van der Waals surface area contributed by atoms with Crippen LogP contribution in [0.4, 0.5) is 11.4 Å². The maximum atomic E-state index is 3.54. The highest BCUT2D eigenvalue weighted by Crippen LogP contribution is 2.42. The van der Waals surface area contributed by atoms with Crippen LogP contribution in [0, 0.1) is 0 Å². The van der Waals surface area contributed by atoms with E-state index in [-0.39, 0.29) is 10.8 Å². The molecule has 0 aromatic heterocycles. The van der Waals surface area contributed by atoms with Crippen LogP contribution in [0.25, 0.3) is 0 Å². The molecule has 4 rings (SSSR count). The van der Waals surface area contributed by atoms with E-state index < -0.39 is 0 Å². The van der Waals surface area contributed by atoms with Gasteiger partial charge in [0.25, 0.3) is 0 Å². The van der Waals surface area contributed by atoms with Gasteiger partial charge in [0.05, 0.1) is 0 Å². The average Bonchev–Trinajstić information content (AvgIpc) is 2.56. The highest BCUT2D eigenvalue weighted by Gasteiger charge is 2.29. The first kappa shape index (κ1) is 16.8. The van der Waals surface area contributed by atoms with Crippen LogP contribution in [0.15, 0.2) is 46.2 Å². The first-order chi connectivity index (χ1) is 11.9. The lowest BCUT2D eigenvalue weighted by Crippen LogP contribution is -2.28. The fourth-order valence-corrected chi connectivity index (χ4v) is 4.92. The quantitative estimate of drug-likeness (QED) is 0.690. The van der Waals surface area contributed by atoms with Gasteiger partial charge in [-0.05, 0) is 71.2 Å². The molecule has 0 amide bonds. The van der Waals surface area contributed by atoms with Crippen molar-refractivity contribution in [1.29, 1.82) is 0 Å². The second-order valence-electron chi connectivity index (χ2n) is 8.64. The van der Waals surface area contributed by atoms with E-state index in [1.165, 1.54) is 45.1 Å². The van der Waals surface area contributed by atoms with Crippen molar-refractivity contribution < 1.29 is 0 Å². The van der Waals surface area contributed by atoms with Gasteiger partial charge < -0.3 is 10.6 Å².